The van der Waals surface area contributed by atoms with Crippen LogP contribution in [0.2, 0.25) is 0 Å². The van der Waals surface area contributed by atoms with Crippen LogP contribution < -0.4 is 10.2 Å². The Labute approximate surface area is 170 Å². The van der Waals surface area contributed by atoms with Crippen molar-refractivity contribution >= 4 is 17.6 Å². The molecule has 0 atom stereocenters. The van der Waals surface area contributed by atoms with Crippen LogP contribution in [-0.2, 0) is 9.53 Å². The highest BCUT2D eigenvalue weighted by atomic mass is 16.5. The lowest BCUT2D eigenvalue weighted by Crippen LogP contribution is -2.46. The van der Waals surface area contributed by atoms with Crippen LogP contribution in [-0.4, -0.2) is 62.7 Å². The van der Waals surface area contributed by atoms with E-state index in [-0.39, 0.29) is 11.9 Å². The van der Waals surface area contributed by atoms with Gasteiger partial charge in [-0.1, -0.05) is 18.2 Å². The summed E-state index contributed by atoms with van der Waals surface area (Å²) >= 11 is 0. The SMILES string of the molecule is CCNC(=NCCCN(CC)c1ccccc1)N1CCC(C(=O)OCC)CC1. The smallest absolute Gasteiger partial charge is 0.309 e. The predicted molar refractivity (Wildman–Crippen MR) is 116 cm³/mol. The quantitative estimate of drug-likeness (QED) is 0.305. The molecule has 156 valence electrons. The van der Waals surface area contributed by atoms with Gasteiger partial charge in [0.2, 0.25) is 0 Å². The largest absolute Gasteiger partial charge is 0.466 e. The van der Waals surface area contributed by atoms with Gasteiger partial charge in [-0.05, 0) is 52.2 Å². The maximum absolute atomic E-state index is 11.9. The lowest BCUT2D eigenvalue weighted by atomic mass is 9.97. The van der Waals surface area contributed by atoms with Crippen LogP contribution in [0.5, 0.6) is 0 Å². The Hall–Kier alpha value is -2.24. The van der Waals surface area contributed by atoms with Crippen molar-refractivity contribution in [1.82, 2.24) is 10.2 Å². The molecule has 1 aromatic rings. The number of guanidine groups is 1. The molecule has 0 radical (unpaired) electrons. The lowest BCUT2D eigenvalue weighted by Gasteiger charge is -2.33. The normalized spacial score (nSPS) is 15.4. The molecule has 1 aliphatic heterocycles. The molecule has 0 bridgehead atoms. The van der Waals surface area contributed by atoms with Crippen molar-refractivity contribution in [2.24, 2.45) is 10.9 Å². The number of ether oxygens (including phenoxy) is 1. The summed E-state index contributed by atoms with van der Waals surface area (Å²) in [6.45, 7) is 11.9. The number of hydrogen-bond donors (Lipinski definition) is 1. The van der Waals surface area contributed by atoms with E-state index in [4.69, 9.17) is 9.73 Å². The molecule has 6 heteroatoms. The molecule has 0 amide bonds. The number of para-hydroxylation sites is 1. The highest BCUT2D eigenvalue weighted by Crippen LogP contribution is 2.19. The van der Waals surface area contributed by atoms with E-state index in [0.717, 1.165) is 64.5 Å². The minimum absolute atomic E-state index is 0.0306. The van der Waals surface area contributed by atoms with Crippen molar-refractivity contribution in [2.45, 2.75) is 40.0 Å². The first-order chi connectivity index (χ1) is 13.7. The molecule has 1 heterocycles. The van der Waals surface area contributed by atoms with E-state index in [1.807, 2.05) is 6.92 Å². The number of hydrogen-bond acceptors (Lipinski definition) is 4. The van der Waals surface area contributed by atoms with Gasteiger partial charge in [0.05, 0.1) is 12.5 Å². The van der Waals surface area contributed by atoms with Gasteiger partial charge in [-0.3, -0.25) is 9.79 Å². The van der Waals surface area contributed by atoms with Crippen LogP contribution >= 0.6 is 0 Å². The van der Waals surface area contributed by atoms with Crippen molar-refractivity contribution in [3.8, 4) is 0 Å². The molecule has 0 spiro atoms. The standard InChI is InChI=1S/C22H36N4O2/c1-4-23-22(26-17-13-19(14-18-26)21(27)28-6-3)24-15-10-16-25(5-2)20-11-8-7-9-12-20/h7-9,11-12,19H,4-6,10,13-18H2,1-3H3,(H,23,24). The molecule has 0 aromatic heterocycles. The maximum Gasteiger partial charge on any atom is 0.309 e. The first-order valence-corrected chi connectivity index (χ1v) is 10.7. The summed E-state index contributed by atoms with van der Waals surface area (Å²) in [6, 6.07) is 10.5. The molecule has 1 fully saturated rings. The molecule has 0 saturated carbocycles. The fourth-order valence-electron chi connectivity index (χ4n) is 3.57. The third-order valence-corrected chi connectivity index (χ3v) is 5.10. The summed E-state index contributed by atoms with van der Waals surface area (Å²) in [7, 11) is 0. The summed E-state index contributed by atoms with van der Waals surface area (Å²) in [5.41, 5.74) is 1.27. The number of nitrogens with zero attached hydrogens (tertiary/aromatic N) is 3. The van der Waals surface area contributed by atoms with Gasteiger partial charge in [-0.25, -0.2) is 0 Å². The van der Waals surface area contributed by atoms with Crippen LogP contribution in [0.4, 0.5) is 5.69 Å². The van der Waals surface area contributed by atoms with Crippen LogP contribution in [0, 0.1) is 5.92 Å². The Balaban J connectivity index is 1.83. The van der Waals surface area contributed by atoms with Gasteiger partial charge in [0.15, 0.2) is 5.96 Å². The minimum atomic E-state index is -0.0512. The second kappa shape index (κ2) is 12.3. The highest BCUT2D eigenvalue weighted by molar-refractivity contribution is 5.80. The summed E-state index contributed by atoms with van der Waals surface area (Å²) in [5, 5.41) is 3.40. The van der Waals surface area contributed by atoms with Gasteiger partial charge >= 0.3 is 5.97 Å². The van der Waals surface area contributed by atoms with Crippen LogP contribution in [0.25, 0.3) is 0 Å². The van der Waals surface area contributed by atoms with Crippen molar-refractivity contribution in [3.63, 3.8) is 0 Å². The molecule has 1 aromatic carbocycles. The number of rotatable bonds is 9. The van der Waals surface area contributed by atoms with E-state index in [1.54, 1.807) is 0 Å². The van der Waals surface area contributed by atoms with E-state index in [0.29, 0.717) is 6.61 Å². The summed E-state index contributed by atoms with van der Waals surface area (Å²) in [4.78, 5) is 21.4. The average Bonchev–Trinajstić information content (AvgIpc) is 2.74. The van der Waals surface area contributed by atoms with E-state index < -0.39 is 0 Å². The number of carbonyl (C=O) groups is 1. The number of esters is 1. The van der Waals surface area contributed by atoms with E-state index >= 15 is 0 Å². The average molecular weight is 389 g/mol. The van der Waals surface area contributed by atoms with Crippen LogP contribution in [0.15, 0.2) is 35.3 Å². The Morgan fingerprint density at radius 3 is 2.54 bits per heavy atom. The van der Waals surface area contributed by atoms with Gasteiger partial charge in [0.1, 0.15) is 0 Å². The van der Waals surface area contributed by atoms with Gasteiger partial charge in [0, 0.05) is 45.0 Å². The number of benzene rings is 1. The maximum atomic E-state index is 11.9. The summed E-state index contributed by atoms with van der Waals surface area (Å²) < 4.78 is 5.17. The fourth-order valence-corrected chi connectivity index (χ4v) is 3.57. The lowest BCUT2D eigenvalue weighted by molar-refractivity contribution is -0.149. The van der Waals surface area contributed by atoms with E-state index in [9.17, 15) is 4.79 Å². The van der Waals surface area contributed by atoms with Crippen molar-refractivity contribution in [1.29, 1.82) is 0 Å². The Bertz CT molecular complexity index is 598. The molecule has 2 rings (SSSR count). The van der Waals surface area contributed by atoms with Crippen LogP contribution in [0.1, 0.15) is 40.0 Å². The molecule has 0 unspecified atom stereocenters. The number of anilines is 1. The van der Waals surface area contributed by atoms with E-state index in [2.05, 4.69) is 59.3 Å². The Morgan fingerprint density at radius 1 is 1.21 bits per heavy atom. The molecule has 6 nitrogen and oxygen atoms in total. The molecule has 1 N–H and O–H groups in total. The second-order valence-electron chi connectivity index (χ2n) is 7.02. The van der Waals surface area contributed by atoms with Gasteiger partial charge in [0.25, 0.3) is 0 Å². The zero-order valence-electron chi connectivity index (χ0n) is 17.7. The number of carbonyl (C=O) groups excluding carboxylic acids is 1. The zero-order chi connectivity index (χ0) is 20.2. The zero-order valence-corrected chi connectivity index (χ0v) is 17.7. The summed E-state index contributed by atoms with van der Waals surface area (Å²) in [6.07, 6.45) is 2.68. The van der Waals surface area contributed by atoms with Gasteiger partial charge < -0.3 is 19.9 Å². The monoisotopic (exact) mass is 388 g/mol. The molecular weight excluding hydrogens is 352 g/mol. The number of nitrogens with one attached hydrogen (secondary N) is 1. The van der Waals surface area contributed by atoms with Crippen molar-refractivity contribution in [2.75, 3.05) is 50.8 Å². The third-order valence-electron chi connectivity index (χ3n) is 5.10. The topological polar surface area (TPSA) is 57.2 Å². The molecular formula is C22H36N4O2. The first-order valence-electron chi connectivity index (χ1n) is 10.7. The van der Waals surface area contributed by atoms with E-state index in [1.165, 1.54) is 5.69 Å². The van der Waals surface area contributed by atoms with Crippen LogP contribution in [0.3, 0.4) is 0 Å². The molecule has 1 aliphatic rings. The Morgan fingerprint density at radius 2 is 1.93 bits per heavy atom. The van der Waals surface area contributed by atoms with Gasteiger partial charge in [-0.2, -0.15) is 0 Å². The number of likely N-dealkylation sites (tertiary alicyclic amines) is 1. The molecule has 1 saturated heterocycles. The highest BCUT2D eigenvalue weighted by Gasteiger charge is 2.27. The minimum Gasteiger partial charge on any atom is -0.466 e. The summed E-state index contributed by atoms with van der Waals surface area (Å²) in [5.74, 6) is 0.945. The first kappa shape index (κ1) is 22.1. The van der Waals surface area contributed by atoms with Gasteiger partial charge in [-0.15, -0.1) is 0 Å². The third kappa shape index (κ3) is 6.73. The fraction of sp³-hybridized carbons (Fsp3) is 0.636. The number of piperidine rings is 1. The van der Waals surface area contributed by atoms with Crippen molar-refractivity contribution in [3.05, 3.63) is 30.3 Å². The predicted octanol–water partition coefficient (Wildman–Crippen LogP) is 3.14. The Kier molecular flexibility index (Phi) is 9.66. The second-order valence-corrected chi connectivity index (χ2v) is 7.02. The molecule has 28 heavy (non-hydrogen) atoms. The molecule has 0 aliphatic carbocycles. The number of aliphatic imine (C=N–C) groups is 1. The van der Waals surface area contributed by atoms with Crippen molar-refractivity contribution < 1.29 is 9.53 Å².